The molecule has 0 fully saturated rings. The first-order chi connectivity index (χ1) is 6.14. The molecule has 0 saturated heterocycles. The highest BCUT2D eigenvalue weighted by molar-refractivity contribution is 7.87. The van der Waals surface area contributed by atoms with Gasteiger partial charge in [0.1, 0.15) is 0 Å². The zero-order valence-electron chi connectivity index (χ0n) is 6.99. The van der Waals surface area contributed by atoms with E-state index in [1.54, 1.807) is 0 Å². The van der Waals surface area contributed by atoms with Crippen LogP contribution in [0.15, 0.2) is 0 Å². The summed E-state index contributed by atoms with van der Waals surface area (Å²) in [5.41, 5.74) is 0. The van der Waals surface area contributed by atoms with Gasteiger partial charge in [-0.1, -0.05) is 0 Å². The molecule has 0 aliphatic carbocycles. The van der Waals surface area contributed by atoms with E-state index in [9.17, 15) is 29.0 Å². The van der Waals surface area contributed by atoms with Gasteiger partial charge >= 0.3 is 20.4 Å². The molecule has 0 radical (unpaired) electrons. The lowest BCUT2D eigenvalue weighted by Gasteiger charge is -2.09. The monoisotopic (exact) mass is 254 g/mol. The molecule has 0 bridgehead atoms. The third kappa shape index (κ3) is 8.30. The van der Waals surface area contributed by atoms with Crippen LogP contribution in [0.25, 0.3) is 0 Å². The number of hydrogen-bond donors (Lipinski definition) is 0. The largest absolute Gasteiger partial charge is 0.302 e. The Balaban J connectivity index is 4.46. The van der Waals surface area contributed by atoms with Crippen molar-refractivity contribution in [1.29, 1.82) is 0 Å². The molecule has 0 aliphatic rings. The molecule has 0 spiro atoms. The van der Waals surface area contributed by atoms with Crippen molar-refractivity contribution in [2.45, 2.75) is 6.42 Å². The van der Waals surface area contributed by atoms with Crippen molar-refractivity contribution in [3.8, 4) is 0 Å². The van der Waals surface area contributed by atoms with Gasteiger partial charge in [0.2, 0.25) is 0 Å². The van der Waals surface area contributed by atoms with E-state index < -0.39 is 51.0 Å². The van der Waals surface area contributed by atoms with Gasteiger partial charge in [0, 0.05) is 0 Å². The normalized spacial score (nSPS) is 13.4. The Morgan fingerprint density at radius 2 is 1.29 bits per heavy atom. The molecule has 0 unspecified atom stereocenters. The van der Waals surface area contributed by atoms with Crippen LogP contribution in [0, 0.1) is 5.92 Å². The van der Waals surface area contributed by atoms with E-state index in [2.05, 4.69) is 0 Å². The molecule has 9 heteroatoms. The first-order valence-corrected chi connectivity index (χ1v) is 6.65. The summed E-state index contributed by atoms with van der Waals surface area (Å²) in [4.78, 5) is 0. The topological polar surface area (TPSA) is 68.3 Å². The van der Waals surface area contributed by atoms with Crippen molar-refractivity contribution in [1.82, 2.24) is 0 Å². The van der Waals surface area contributed by atoms with E-state index in [4.69, 9.17) is 0 Å². The summed E-state index contributed by atoms with van der Waals surface area (Å²) < 4.78 is 76.3. The molecule has 0 aliphatic heterocycles. The molecule has 0 heterocycles. The molecular formula is C5H9F3O4S2. The third-order valence-electron chi connectivity index (χ3n) is 1.39. The molecule has 0 N–H and O–H groups in total. The van der Waals surface area contributed by atoms with Crippen molar-refractivity contribution in [3.05, 3.63) is 0 Å². The second kappa shape index (κ2) is 4.96. The third-order valence-corrected chi connectivity index (χ3v) is 3.13. The lowest BCUT2D eigenvalue weighted by Crippen LogP contribution is -2.20. The van der Waals surface area contributed by atoms with E-state index in [1.165, 1.54) is 0 Å². The van der Waals surface area contributed by atoms with Crippen molar-refractivity contribution in [2.75, 3.05) is 18.2 Å². The van der Waals surface area contributed by atoms with Gasteiger partial charge < -0.3 is 0 Å². The fourth-order valence-corrected chi connectivity index (χ4v) is 2.78. The van der Waals surface area contributed by atoms with E-state index in [1.807, 2.05) is 0 Å². The van der Waals surface area contributed by atoms with Crippen molar-refractivity contribution >= 4 is 20.4 Å². The van der Waals surface area contributed by atoms with Crippen LogP contribution in [0.3, 0.4) is 0 Å². The molecule has 0 amide bonds. The molecule has 4 nitrogen and oxygen atoms in total. The summed E-state index contributed by atoms with van der Waals surface area (Å²) >= 11 is 0. The Labute approximate surface area is 80.5 Å². The average Bonchev–Trinajstić information content (AvgIpc) is 1.78. The predicted molar refractivity (Wildman–Crippen MR) is 43.9 cm³/mol. The van der Waals surface area contributed by atoms with Gasteiger partial charge in [0.15, 0.2) is 0 Å². The first kappa shape index (κ1) is 13.7. The lowest BCUT2D eigenvalue weighted by atomic mass is 10.1. The number of rotatable bonds is 6. The molecular weight excluding hydrogens is 245 g/mol. The van der Waals surface area contributed by atoms with Crippen molar-refractivity contribution in [3.63, 3.8) is 0 Å². The Kier molecular flexibility index (Phi) is 4.85. The molecule has 0 saturated carbocycles. The van der Waals surface area contributed by atoms with E-state index in [-0.39, 0.29) is 0 Å². The summed E-state index contributed by atoms with van der Waals surface area (Å²) in [5.74, 6) is -3.75. The van der Waals surface area contributed by atoms with Crippen LogP contribution in [0.1, 0.15) is 6.42 Å². The van der Waals surface area contributed by atoms with Gasteiger partial charge in [-0.25, -0.2) is 0 Å². The maximum atomic E-state index is 12.1. The second-order valence-electron chi connectivity index (χ2n) is 2.75. The van der Waals surface area contributed by atoms with Crippen molar-refractivity contribution in [2.24, 2.45) is 5.92 Å². The number of alkyl halides is 1. The Hall–Kier alpha value is -0.310. The quantitative estimate of drug-likeness (QED) is 0.649. The summed E-state index contributed by atoms with van der Waals surface area (Å²) in [6.07, 6.45) is -0.508. The summed E-state index contributed by atoms with van der Waals surface area (Å²) in [5, 5.41) is 0. The minimum absolute atomic E-state index is 0.508. The van der Waals surface area contributed by atoms with Crippen LogP contribution in [-0.4, -0.2) is 35.0 Å². The maximum Gasteiger partial charge on any atom is 0.302 e. The summed E-state index contributed by atoms with van der Waals surface area (Å²) in [6.45, 7) is -1.03. The standard InChI is InChI=1S/C5H9F3O4S2/c6-2-1-5(3-13(7,9)10)4-14(8,11)12/h5H,1-4H2. The van der Waals surface area contributed by atoms with Gasteiger partial charge in [0.25, 0.3) is 0 Å². The second-order valence-corrected chi connectivity index (χ2v) is 5.58. The van der Waals surface area contributed by atoms with Gasteiger partial charge in [-0.3, -0.25) is 4.39 Å². The molecule has 0 aromatic heterocycles. The average molecular weight is 254 g/mol. The Morgan fingerprint density at radius 1 is 0.929 bits per heavy atom. The van der Waals surface area contributed by atoms with E-state index in [0.717, 1.165) is 0 Å². The number of hydrogen-bond acceptors (Lipinski definition) is 4. The van der Waals surface area contributed by atoms with E-state index in [0.29, 0.717) is 0 Å². The zero-order valence-corrected chi connectivity index (χ0v) is 8.62. The Bertz CT molecular complexity index is 326. The van der Waals surface area contributed by atoms with Gasteiger partial charge in [-0.15, -0.1) is 7.77 Å². The molecule has 0 aromatic carbocycles. The minimum atomic E-state index is -4.92. The highest BCUT2D eigenvalue weighted by atomic mass is 32.3. The van der Waals surface area contributed by atoms with Crippen LogP contribution in [0.2, 0.25) is 0 Å². The van der Waals surface area contributed by atoms with Crippen LogP contribution < -0.4 is 0 Å². The van der Waals surface area contributed by atoms with Gasteiger partial charge in [-0.2, -0.15) is 16.8 Å². The maximum absolute atomic E-state index is 12.1. The fourth-order valence-electron chi connectivity index (χ4n) is 0.932. The highest BCUT2D eigenvalue weighted by Gasteiger charge is 2.24. The minimum Gasteiger partial charge on any atom is -0.251 e. The first-order valence-electron chi connectivity index (χ1n) is 3.54. The van der Waals surface area contributed by atoms with E-state index >= 15 is 0 Å². The SMILES string of the molecule is O=S(=O)(F)CC(CCF)CS(=O)(=O)F. The molecule has 0 atom stereocenters. The van der Waals surface area contributed by atoms with Crippen LogP contribution >= 0.6 is 0 Å². The fraction of sp³-hybridized carbons (Fsp3) is 1.00. The Morgan fingerprint density at radius 3 is 1.50 bits per heavy atom. The van der Waals surface area contributed by atoms with Crippen LogP contribution in [0.4, 0.5) is 12.2 Å². The van der Waals surface area contributed by atoms with Crippen LogP contribution in [-0.2, 0) is 20.4 Å². The van der Waals surface area contributed by atoms with Crippen molar-refractivity contribution < 1.29 is 29.0 Å². The molecule has 0 aromatic rings. The predicted octanol–water partition coefficient (Wildman–Crippen LogP) is 0.561. The summed E-state index contributed by atoms with van der Waals surface area (Å²) in [6, 6.07) is 0. The molecule has 0 rings (SSSR count). The van der Waals surface area contributed by atoms with Crippen LogP contribution in [0.5, 0.6) is 0 Å². The van der Waals surface area contributed by atoms with Gasteiger partial charge in [-0.05, 0) is 12.3 Å². The molecule has 14 heavy (non-hydrogen) atoms. The molecule has 86 valence electrons. The highest BCUT2D eigenvalue weighted by Crippen LogP contribution is 2.12. The lowest BCUT2D eigenvalue weighted by molar-refractivity contribution is 0.413. The smallest absolute Gasteiger partial charge is 0.251 e. The van der Waals surface area contributed by atoms with Gasteiger partial charge in [0.05, 0.1) is 18.2 Å². The zero-order chi connectivity index (χ0) is 11.4. The number of halogens is 3. The summed E-state index contributed by atoms with van der Waals surface area (Å²) in [7, 11) is -9.83.